The molecule has 9 heteroatoms. The molecule has 1 aromatic carbocycles. The molecule has 1 aromatic rings. The van der Waals surface area contributed by atoms with Crippen molar-refractivity contribution in [2.24, 2.45) is 0 Å². The first-order chi connectivity index (χ1) is 11.7. The number of nitrogens with one attached hydrogen (secondary N) is 1. The Labute approximate surface area is 148 Å². The van der Waals surface area contributed by atoms with Gasteiger partial charge < -0.3 is 5.32 Å². The van der Waals surface area contributed by atoms with Crippen LogP contribution < -0.4 is 5.32 Å². The molecule has 1 aliphatic heterocycles. The molecular formula is C16H22N2O5S2. The summed E-state index contributed by atoms with van der Waals surface area (Å²) in [6.45, 7) is 1.87. The third-order valence-electron chi connectivity index (χ3n) is 4.54. The van der Waals surface area contributed by atoms with Crippen molar-refractivity contribution in [3.8, 4) is 0 Å². The topological polar surface area (TPSA) is 101 Å². The first kappa shape index (κ1) is 18.3. The van der Waals surface area contributed by atoms with Gasteiger partial charge in [0.15, 0.2) is 9.84 Å². The highest BCUT2D eigenvalue weighted by molar-refractivity contribution is 7.92. The molecular weight excluding hydrogens is 364 g/mol. The number of hydrogen-bond acceptors (Lipinski definition) is 5. The highest BCUT2D eigenvalue weighted by Gasteiger charge is 2.38. The first-order valence-electron chi connectivity index (χ1n) is 8.36. The van der Waals surface area contributed by atoms with Gasteiger partial charge in [-0.1, -0.05) is 13.0 Å². The van der Waals surface area contributed by atoms with Crippen molar-refractivity contribution in [1.29, 1.82) is 0 Å². The molecule has 3 rings (SSSR count). The molecule has 2 fully saturated rings. The largest absolute Gasteiger partial charge is 0.349 e. The average Bonchev–Trinajstić information content (AvgIpc) is 3.30. The van der Waals surface area contributed by atoms with Crippen LogP contribution in [0.25, 0.3) is 0 Å². The maximum atomic E-state index is 13.0. The van der Waals surface area contributed by atoms with E-state index in [2.05, 4.69) is 5.32 Å². The lowest BCUT2D eigenvalue weighted by molar-refractivity contribution is 0.0951. The Morgan fingerprint density at radius 1 is 1.28 bits per heavy atom. The summed E-state index contributed by atoms with van der Waals surface area (Å²) in [5.74, 6) is -0.429. The predicted molar refractivity (Wildman–Crippen MR) is 93.6 cm³/mol. The molecule has 1 atom stereocenters. The summed E-state index contributed by atoms with van der Waals surface area (Å²) in [7, 11) is -7.06. The molecule has 1 unspecified atom stereocenters. The Morgan fingerprint density at radius 3 is 2.56 bits per heavy atom. The fourth-order valence-corrected chi connectivity index (χ4v) is 6.59. The molecule has 0 bridgehead atoms. The molecule has 1 saturated heterocycles. The van der Waals surface area contributed by atoms with E-state index in [0.717, 1.165) is 12.8 Å². The number of sulfone groups is 1. The lowest BCUT2D eigenvalue weighted by atomic mass is 10.2. The Kier molecular flexibility index (Phi) is 4.91. The Morgan fingerprint density at radius 2 is 2.00 bits per heavy atom. The summed E-state index contributed by atoms with van der Waals surface area (Å²) in [6.07, 6.45) is 2.20. The second-order valence-electron chi connectivity index (χ2n) is 6.54. The smallest absolute Gasteiger partial charge is 0.251 e. The van der Waals surface area contributed by atoms with Gasteiger partial charge in [-0.15, -0.1) is 0 Å². The van der Waals surface area contributed by atoms with Crippen molar-refractivity contribution in [2.45, 2.75) is 43.2 Å². The molecule has 1 saturated carbocycles. The summed E-state index contributed by atoms with van der Waals surface area (Å²) in [5, 5.41) is 2.83. The standard InChI is InChI=1S/C16H22N2O5S2/c1-2-18(14-8-9-24(20,21)11-14)25(22,23)15-5-3-4-12(10-15)16(19)17-13-6-7-13/h3-5,10,13-14H,2,6-9,11H2,1H3,(H,17,19). The fourth-order valence-electron chi connectivity index (χ4n) is 3.06. The molecule has 138 valence electrons. The summed E-state index contributed by atoms with van der Waals surface area (Å²) < 4.78 is 50.6. The van der Waals surface area contributed by atoms with E-state index in [1.807, 2.05) is 0 Å². The zero-order chi connectivity index (χ0) is 18.2. The number of benzene rings is 1. The Bertz CT molecular complexity index is 876. The highest BCUT2D eigenvalue weighted by Crippen LogP contribution is 2.25. The van der Waals surface area contributed by atoms with Crippen molar-refractivity contribution in [2.75, 3.05) is 18.1 Å². The van der Waals surface area contributed by atoms with Crippen LogP contribution in [0.3, 0.4) is 0 Å². The SMILES string of the molecule is CCN(C1CCS(=O)(=O)C1)S(=O)(=O)c1cccc(C(=O)NC2CC2)c1. The number of nitrogens with zero attached hydrogens (tertiary/aromatic N) is 1. The molecule has 1 amide bonds. The van der Waals surface area contributed by atoms with E-state index in [4.69, 9.17) is 0 Å². The number of carbonyl (C=O) groups is 1. The maximum Gasteiger partial charge on any atom is 0.251 e. The zero-order valence-electron chi connectivity index (χ0n) is 14.0. The van der Waals surface area contributed by atoms with Crippen molar-refractivity contribution in [3.63, 3.8) is 0 Å². The van der Waals surface area contributed by atoms with Crippen LogP contribution in [0, 0.1) is 0 Å². The van der Waals surface area contributed by atoms with Crippen LogP contribution >= 0.6 is 0 Å². The van der Waals surface area contributed by atoms with E-state index in [0.29, 0.717) is 12.0 Å². The van der Waals surface area contributed by atoms with Gasteiger partial charge in [0, 0.05) is 24.2 Å². The number of rotatable bonds is 6. The van der Waals surface area contributed by atoms with Crippen LogP contribution in [0.2, 0.25) is 0 Å². The number of carbonyl (C=O) groups excluding carboxylic acids is 1. The predicted octanol–water partition coefficient (Wildman–Crippen LogP) is 0.777. The summed E-state index contributed by atoms with van der Waals surface area (Å²) in [6, 6.07) is 5.54. The summed E-state index contributed by atoms with van der Waals surface area (Å²) >= 11 is 0. The number of sulfonamides is 1. The normalized spacial score (nSPS) is 22.9. The van der Waals surface area contributed by atoms with Gasteiger partial charge in [-0.25, -0.2) is 16.8 Å². The van der Waals surface area contributed by atoms with E-state index in [9.17, 15) is 21.6 Å². The average molecular weight is 386 g/mol. The van der Waals surface area contributed by atoms with Gasteiger partial charge in [0.2, 0.25) is 10.0 Å². The van der Waals surface area contributed by atoms with Gasteiger partial charge in [0.1, 0.15) is 0 Å². The van der Waals surface area contributed by atoms with Crippen molar-refractivity contribution >= 4 is 25.8 Å². The Hall–Kier alpha value is -1.45. The van der Waals surface area contributed by atoms with Crippen LogP contribution in [0.4, 0.5) is 0 Å². The van der Waals surface area contributed by atoms with E-state index < -0.39 is 25.9 Å². The number of amides is 1. The molecule has 1 aliphatic carbocycles. The second kappa shape index (κ2) is 6.69. The monoisotopic (exact) mass is 386 g/mol. The van der Waals surface area contributed by atoms with Gasteiger partial charge in [0.25, 0.3) is 5.91 Å². The van der Waals surface area contributed by atoms with E-state index in [1.165, 1.54) is 22.5 Å². The van der Waals surface area contributed by atoms with Crippen LogP contribution in [-0.4, -0.2) is 57.2 Å². The Balaban J connectivity index is 1.86. The van der Waals surface area contributed by atoms with Crippen LogP contribution in [0.1, 0.15) is 36.5 Å². The van der Waals surface area contributed by atoms with Crippen LogP contribution in [0.15, 0.2) is 29.2 Å². The van der Waals surface area contributed by atoms with Gasteiger partial charge in [-0.3, -0.25) is 4.79 Å². The zero-order valence-corrected chi connectivity index (χ0v) is 15.6. The van der Waals surface area contributed by atoms with E-state index >= 15 is 0 Å². The maximum absolute atomic E-state index is 13.0. The molecule has 0 radical (unpaired) electrons. The minimum Gasteiger partial charge on any atom is -0.349 e. The third kappa shape index (κ3) is 4.04. The molecule has 0 spiro atoms. The quantitative estimate of drug-likeness (QED) is 0.778. The summed E-state index contributed by atoms with van der Waals surface area (Å²) in [4.78, 5) is 12.2. The molecule has 0 aromatic heterocycles. The van der Waals surface area contributed by atoms with Crippen molar-refractivity contribution < 1.29 is 21.6 Å². The highest BCUT2D eigenvalue weighted by atomic mass is 32.2. The van der Waals surface area contributed by atoms with Gasteiger partial charge >= 0.3 is 0 Å². The second-order valence-corrected chi connectivity index (χ2v) is 10.7. The lowest BCUT2D eigenvalue weighted by Gasteiger charge is -2.26. The van der Waals surface area contributed by atoms with E-state index in [-0.39, 0.29) is 34.9 Å². The minimum absolute atomic E-state index is 0.00746. The van der Waals surface area contributed by atoms with Crippen molar-refractivity contribution in [3.05, 3.63) is 29.8 Å². The minimum atomic E-state index is -3.86. The molecule has 7 nitrogen and oxygen atoms in total. The number of hydrogen-bond donors (Lipinski definition) is 1. The fraction of sp³-hybridized carbons (Fsp3) is 0.562. The van der Waals surface area contributed by atoms with Crippen molar-refractivity contribution in [1.82, 2.24) is 9.62 Å². The van der Waals surface area contributed by atoms with E-state index in [1.54, 1.807) is 13.0 Å². The molecule has 1 heterocycles. The van der Waals surface area contributed by atoms with Gasteiger partial charge in [0.05, 0.1) is 16.4 Å². The molecule has 1 N–H and O–H groups in total. The molecule has 25 heavy (non-hydrogen) atoms. The molecule has 2 aliphatic rings. The third-order valence-corrected chi connectivity index (χ3v) is 8.32. The lowest BCUT2D eigenvalue weighted by Crippen LogP contribution is -2.41. The van der Waals surface area contributed by atoms with Gasteiger partial charge in [-0.05, 0) is 37.5 Å². The van der Waals surface area contributed by atoms with Gasteiger partial charge in [-0.2, -0.15) is 4.31 Å². The first-order valence-corrected chi connectivity index (χ1v) is 11.6. The van der Waals surface area contributed by atoms with Crippen LogP contribution in [-0.2, 0) is 19.9 Å². The summed E-state index contributed by atoms with van der Waals surface area (Å²) in [5.41, 5.74) is 0.295. The van der Waals surface area contributed by atoms with Crippen LogP contribution in [0.5, 0.6) is 0 Å².